The number of rotatable bonds is 4. The van der Waals surface area contributed by atoms with Gasteiger partial charge in [0.05, 0.1) is 11.7 Å². The van der Waals surface area contributed by atoms with Gasteiger partial charge in [0.15, 0.2) is 0 Å². The highest BCUT2D eigenvalue weighted by molar-refractivity contribution is 6.30. The van der Waals surface area contributed by atoms with Gasteiger partial charge in [-0.3, -0.25) is 0 Å². The number of anilines is 1. The van der Waals surface area contributed by atoms with E-state index < -0.39 is 0 Å². The third-order valence-electron chi connectivity index (χ3n) is 3.19. The van der Waals surface area contributed by atoms with Gasteiger partial charge in [0.1, 0.15) is 0 Å². The highest BCUT2D eigenvalue weighted by Crippen LogP contribution is 2.20. The van der Waals surface area contributed by atoms with Gasteiger partial charge in [-0.25, -0.2) is 0 Å². The monoisotopic (exact) mass is 299 g/mol. The Balaban J connectivity index is 1.83. The van der Waals surface area contributed by atoms with Crippen molar-refractivity contribution < 1.29 is 0 Å². The minimum absolute atomic E-state index is 0.0655. The predicted octanol–water partition coefficient (Wildman–Crippen LogP) is 3.49. The summed E-state index contributed by atoms with van der Waals surface area (Å²) in [7, 11) is 0. The number of tetrazole rings is 1. The second kappa shape index (κ2) is 5.93. The van der Waals surface area contributed by atoms with E-state index in [1.165, 1.54) is 0 Å². The van der Waals surface area contributed by atoms with Crippen LogP contribution in [0.25, 0.3) is 5.69 Å². The second-order valence-electron chi connectivity index (χ2n) is 4.67. The number of hydrogen-bond acceptors (Lipinski definition) is 4. The molecule has 3 aromatic rings. The Kier molecular flexibility index (Phi) is 3.83. The zero-order chi connectivity index (χ0) is 14.7. The van der Waals surface area contributed by atoms with Crippen LogP contribution in [0.1, 0.15) is 18.5 Å². The molecule has 0 aliphatic rings. The summed E-state index contributed by atoms with van der Waals surface area (Å²) < 4.78 is 1.67. The van der Waals surface area contributed by atoms with Gasteiger partial charge in [-0.05, 0) is 47.2 Å². The summed E-state index contributed by atoms with van der Waals surface area (Å²) in [6.07, 6.45) is 0. The number of hydrogen-bond donors (Lipinski definition) is 1. The van der Waals surface area contributed by atoms with Gasteiger partial charge in [-0.15, -0.1) is 0 Å². The van der Waals surface area contributed by atoms with E-state index in [0.29, 0.717) is 5.95 Å². The molecule has 0 saturated carbocycles. The molecule has 1 atom stereocenters. The molecule has 106 valence electrons. The van der Waals surface area contributed by atoms with Crippen molar-refractivity contribution in [2.45, 2.75) is 13.0 Å². The fourth-order valence-corrected chi connectivity index (χ4v) is 2.17. The Morgan fingerprint density at radius 2 is 1.76 bits per heavy atom. The lowest BCUT2D eigenvalue weighted by molar-refractivity contribution is 0.780. The van der Waals surface area contributed by atoms with Crippen molar-refractivity contribution in [3.63, 3.8) is 0 Å². The van der Waals surface area contributed by atoms with Gasteiger partial charge in [-0.2, -0.15) is 4.68 Å². The van der Waals surface area contributed by atoms with Crippen LogP contribution in [0.4, 0.5) is 5.95 Å². The Morgan fingerprint density at radius 3 is 2.48 bits per heavy atom. The Bertz CT molecular complexity index is 708. The molecule has 0 radical (unpaired) electrons. The minimum Gasteiger partial charge on any atom is -0.346 e. The third kappa shape index (κ3) is 3.03. The summed E-state index contributed by atoms with van der Waals surface area (Å²) >= 11 is 5.91. The van der Waals surface area contributed by atoms with E-state index in [9.17, 15) is 0 Å². The van der Waals surface area contributed by atoms with E-state index in [2.05, 4.69) is 20.8 Å². The highest BCUT2D eigenvalue weighted by Gasteiger charge is 2.12. The van der Waals surface area contributed by atoms with Crippen molar-refractivity contribution in [1.82, 2.24) is 20.2 Å². The molecule has 0 aliphatic heterocycles. The van der Waals surface area contributed by atoms with Crippen molar-refractivity contribution in [2.75, 3.05) is 5.32 Å². The van der Waals surface area contributed by atoms with Crippen LogP contribution >= 0.6 is 11.6 Å². The number of para-hydroxylation sites is 1. The van der Waals surface area contributed by atoms with E-state index >= 15 is 0 Å². The van der Waals surface area contributed by atoms with Crippen LogP contribution in [-0.4, -0.2) is 20.2 Å². The van der Waals surface area contributed by atoms with E-state index in [1.807, 2.05) is 61.5 Å². The van der Waals surface area contributed by atoms with Crippen LogP contribution in [0, 0.1) is 0 Å². The van der Waals surface area contributed by atoms with Crippen LogP contribution in [-0.2, 0) is 0 Å². The number of aromatic nitrogens is 4. The molecular formula is C15H14ClN5. The van der Waals surface area contributed by atoms with Crippen molar-refractivity contribution in [1.29, 1.82) is 0 Å². The van der Waals surface area contributed by atoms with Crippen LogP contribution in [0.5, 0.6) is 0 Å². The maximum atomic E-state index is 5.91. The number of benzene rings is 2. The molecule has 0 saturated heterocycles. The Morgan fingerprint density at radius 1 is 1.05 bits per heavy atom. The van der Waals surface area contributed by atoms with Crippen LogP contribution in [0.2, 0.25) is 5.02 Å². The first-order valence-electron chi connectivity index (χ1n) is 6.60. The maximum absolute atomic E-state index is 5.91. The number of nitrogens with zero attached hydrogens (tertiary/aromatic N) is 4. The van der Waals surface area contributed by atoms with E-state index in [-0.39, 0.29) is 6.04 Å². The molecule has 2 aromatic carbocycles. The predicted molar refractivity (Wildman–Crippen MR) is 82.6 cm³/mol. The smallest absolute Gasteiger partial charge is 0.248 e. The second-order valence-corrected chi connectivity index (χ2v) is 5.10. The fraction of sp³-hybridized carbons (Fsp3) is 0.133. The number of halogens is 1. The van der Waals surface area contributed by atoms with Crippen molar-refractivity contribution in [3.8, 4) is 5.69 Å². The first kappa shape index (κ1) is 13.6. The summed E-state index contributed by atoms with van der Waals surface area (Å²) in [6, 6.07) is 17.5. The van der Waals surface area contributed by atoms with Crippen LogP contribution in [0.15, 0.2) is 54.6 Å². The molecule has 0 spiro atoms. The summed E-state index contributed by atoms with van der Waals surface area (Å²) in [5.41, 5.74) is 2.02. The first-order valence-corrected chi connectivity index (χ1v) is 6.97. The topological polar surface area (TPSA) is 55.6 Å². The average molecular weight is 300 g/mol. The normalized spacial score (nSPS) is 12.1. The van der Waals surface area contributed by atoms with Gasteiger partial charge >= 0.3 is 0 Å². The van der Waals surface area contributed by atoms with Crippen molar-refractivity contribution in [2.24, 2.45) is 0 Å². The lowest BCUT2D eigenvalue weighted by Crippen LogP contribution is -2.11. The quantitative estimate of drug-likeness (QED) is 0.801. The summed E-state index contributed by atoms with van der Waals surface area (Å²) in [5, 5.41) is 15.8. The third-order valence-corrected chi connectivity index (χ3v) is 3.44. The zero-order valence-electron chi connectivity index (χ0n) is 11.4. The molecule has 1 heterocycles. The van der Waals surface area contributed by atoms with Gasteiger partial charge in [0, 0.05) is 5.02 Å². The molecule has 1 N–H and O–H groups in total. The molecule has 0 aliphatic carbocycles. The summed E-state index contributed by atoms with van der Waals surface area (Å²) in [4.78, 5) is 0. The Labute approximate surface area is 127 Å². The highest BCUT2D eigenvalue weighted by atomic mass is 35.5. The lowest BCUT2D eigenvalue weighted by atomic mass is 10.1. The molecule has 5 nitrogen and oxygen atoms in total. The molecule has 3 rings (SSSR count). The molecule has 0 amide bonds. The standard InChI is InChI=1S/C15H14ClN5/c1-11(12-7-9-13(16)10-8-12)17-15-18-19-20-21(15)14-5-3-2-4-6-14/h2-11H,1H3,(H,17,18,20). The summed E-state index contributed by atoms with van der Waals surface area (Å²) in [5.74, 6) is 0.601. The lowest BCUT2D eigenvalue weighted by Gasteiger charge is -2.14. The van der Waals surface area contributed by atoms with Crippen molar-refractivity contribution >= 4 is 17.5 Å². The molecule has 0 fully saturated rings. The molecular weight excluding hydrogens is 286 g/mol. The average Bonchev–Trinajstić information content (AvgIpc) is 2.97. The SMILES string of the molecule is CC(Nc1nnnn1-c1ccccc1)c1ccc(Cl)cc1. The van der Waals surface area contributed by atoms with Crippen LogP contribution in [0.3, 0.4) is 0 Å². The van der Waals surface area contributed by atoms with Crippen LogP contribution < -0.4 is 5.32 Å². The fourth-order valence-electron chi connectivity index (χ4n) is 2.05. The minimum atomic E-state index is 0.0655. The number of nitrogens with one attached hydrogen (secondary N) is 1. The van der Waals surface area contributed by atoms with E-state index in [4.69, 9.17) is 11.6 Å². The Hall–Kier alpha value is -2.40. The zero-order valence-corrected chi connectivity index (χ0v) is 12.2. The van der Waals surface area contributed by atoms with E-state index in [1.54, 1.807) is 4.68 Å². The van der Waals surface area contributed by atoms with Gasteiger partial charge < -0.3 is 5.32 Å². The molecule has 21 heavy (non-hydrogen) atoms. The molecule has 6 heteroatoms. The summed E-state index contributed by atoms with van der Waals surface area (Å²) in [6.45, 7) is 2.05. The maximum Gasteiger partial charge on any atom is 0.248 e. The van der Waals surface area contributed by atoms with Gasteiger partial charge in [0.25, 0.3) is 0 Å². The molecule has 0 bridgehead atoms. The molecule has 1 unspecified atom stereocenters. The van der Waals surface area contributed by atoms with Gasteiger partial charge in [-0.1, -0.05) is 47.0 Å². The molecule has 1 aromatic heterocycles. The van der Waals surface area contributed by atoms with E-state index in [0.717, 1.165) is 16.3 Å². The largest absolute Gasteiger partial charge is 0.346 e. The van der Waals surface area contributed by atoms with Crippen molar-refractivity contribution in [3.05, 3.63) is 65.2 Å². The van der Waals surface area contributed by atoms with Gasteiger partial charge in [0.2, 0.25) is 5.95 Å². The first-order chi connectivity index (χ1) is 10.2.